The summed E-state index contributed by atoms with van der Waals surface area (Å²) in [5.74, 6) is 3.15. The van der Waals surface area contributed by atoms with E-state index in [2.05, 4.69) is 17.2 Å². The molecule has 1 aromatic carbocycles. The summed E-state index contributed by atoms with van der Waals surface area (Å²) in [5, 5.41) is 8.82. The van der Waals surface area contributed by atoms with Crippen molar-refractivity contribution in [1.29, 1.82) is 0 Å². The van der Waals surface area contributed by atoms with Gasteiger partial charge in [-0.05, 0) is 43.9 Å². The van der Waals surface area contributed by atoms with Crippen molar-refractivity contribution in [3.05, 3.63) is 35.0 Å². The molecule has 0 amide bonds. The molecule has 1 atom stereocenters. The van der Waals surface area contributed by atoms with Crippen LogP contribution < -0.4 is 14.8 Å². The second kappa shape index (κ2) is 8.49. The van der Waals surface area contributed by atoms with Crippen LogP contribution in [0.15, 0.2) is 34.6 Å². The van der Waals surface area contributed by atoms with Crippen LogP contribution in [0, 0.1) is 0 Å². The van der Waals surface area contributed by atoms with Gasteiger partial charge in [0.05, 0.1) is 13.7 Å². The molecule has 0 radical (unpaired) electrons. The number of anilines is 1. The number of methoxy groups -OCH3 is 1. The Labute approximate surface area is 174 Å². The number of ketones is 1. The number of carbonyl (C=O) groups excluding carboxylic acids is 1. The van der Waals surface area contributed by atoms with Gasteiger partial charge >= 0.3 is 0 Å². The number of hydrogen-bond donors (Lipinski definition) is 1. The highest BCUT2D eigenvalue weighted by Gasteiger charge is 2.37. The molecule has 2 aromatic rings. The molecule has 1 N–H and O–H groups in total. The SMILES string of the molecule is CCCSc1nc2n(n1)C(c1ccc(OCC)c(OC)c1)C1=C(CCCC1=O)N2. The molecule has 8 heteroatoms. The molecule has 1 aromatic heterocycles. The van der Waals surface area contributed by atoms with Crippen molar-refractivity contribution in [2.45, 2.75) is 50.7 Å². The lowest BCUT2D eigenvalue weighted by Gasteiger charge is -2.32. The maximum Gasteiger partial charge on any atom is 0.227 e. The monoisotopic (exact) mass is 414 g/mol. The number of nitrogens with one attached hydrogen (secondary N) is 1. The predicted molar refractivity (Wildman–Crippen MR) is 113 cm³/mol. The molecule has 29 heavy (non-hydrogen) atoms. The minimum absolute atomic E-state index is 0.167. The molecule has 7 nitrogen and oxygen atoms in total. The first-order chi connectivity index (χ1) is 14.2. The summed E-state index contributed by atoms with van der Waals surface area (Å²) >= 11 is 1.63. The van der Waals surface area contributed by atoms with Crippen molar-refractivity contribution in [2.24, 2.45) is 0 Å². The van der Waals surface area contributed by atoms with Crippen LogP contribution in [-0.2, 0) is 4.79 Å². The Morgan fingerprint density at radius 3 is 2.90 bits per heavy atom. The molecule has 1 unspecified atom stereocenters. The van der Waals surface area contributed by atoms with E-state index < -0.39 is 0 Å². The molecule has 0 spiro atoms. The van der Waals surface area contributed by atoms with Crippen molar-refractivity contribution in [3.8, 4) is 11.5 Å². The molecular formula is C21H26N4O3S. The topological polar surface area (TPSA) is 78.3 Å². The number of thioether (sulfide) groups is 1. The van der Waals surface area contributed by atoms with E-state index in [-0.39, 0.29) is 11.8 Å². The van der Waals surface area contributed by atoms with Gasteiger partial charge in [0.2, 0.25) is 11.1 Å². The van der Waals surface area contributed by atoms with Crippen LogP contribution in [-0.4, -0.2) is 40.0 Å². The lowest BCUT2D eigenvalue weighted by Crippen LogP contribution is -2.31. The Morgan fingerprint density at radius 2 is 2.14 bits per heavy atom. The van der Waals surface area contributed by atoms with Gasteiger partial charge in [0, 0.05) is 23.4 Å². The van der Waals surface area contributed by atoms with E-state index in [0.717, 1.165) is 47.0 Å². The average Bonchev–Trinajstić information content (AvgIpc) is 3.14. The Balaban J connectivity index is 1.81. The van der Waals surface area contributed by atoms with Crippen LogP contribution in [0.2, 0.25) is 0 Å². The van der Waals surface area contributed by atoms with Gasteiger partial charge in [0.1, 0.15) is 6.04 Å². The number of aromatic nitrogens is 3. The second-order valence-corrected chi connectivity index (χ2v) is 8.11. The molecular weight excluding hydrogens is 388 g/mol. The van der Waals surface area contributed by atoms with Gasteiger partial charge < -0.3 is 14.8 Å². The third-order valence-corrected chi connectivity index (χ3v) is 6.13. The fourth-order valence-electron chi connectivity index (χ4n) is 3.83. The Kier molecular flexibility index (Phi) is 5.80. The average molecular weight is 415 g/mol. The van der Waals surface area contributed by atoms with E-state index >= 15 is 0 Å². The maximum absolute atomic E-state index is 12.9. The number of fused-ring (bicyclic) bond motifs is 1. The summed E-state index contributed by atoms with van der Waals surface area (Å²) in [5.41, 5.74) is 2.69. The summed E-state index contributed by atoms with van der Waals surface area (Å²) in [6, 6.07) is 5.51. The third-order valence-electron chi connectivity index (χ3n) is 5.09. The van der Waals surface area contributed by atoms with Crippen molar-refractivity contribution in [2.75, 3.05) is 24.8 Å². The molecule has 1 aliphatic heterocycles. The number of Topliss-reactive ketones (excluding diaryl/α,β-unsaturated/α-hetero) is 1. The molecule has 4 rings (SSSR count). The predicted octanol–water partition coefficient (Wildman–Crippen LogP) is 4.21. The number of hydrogen-bond acceptors (Lipinski definition) is 7. The van der Waals surface area contributed by atoms with Gasteiger partial charge in [0.15, 0.2) is 17.3 Å². The molecule has 0 bridgehead atoms. The van der Waals surface area contributed by atoms with Gasteiger partial charge in [-0.2, -0.15) is 4.98 Å². The fraction of sp³-hybridized carbons (Fsp3) is 0.476. The van der Waals surface area contributed by atoms with Crippen molar-refractivity contribution in [3.63, 3.8) is 0 Å². The number of ether oxygens (including phenoxy) is 2. The molecule has 2 aliphatic rings. The number of allylic oxidation sites excluding steroid dienone is 2. The second-order valence-electron chi connectivity index (χ2n) is 7.05. The third kappa shape index (κ3) is 3.73. The van der Waals surface area contributed by atoms with Crippen LogP contribution >= 0.6 is 11.8 Å². The largest absolute Gasteiger partial charge is 0.493 e. The quantitative estimate of drug-likeness (QED) is 0.680. The Hall–Kier alpha value is -2.48. The lowest BCUT2D eigenvalue weighted by atomic mass is 9.85. The zero-order chi connectivity index (χ0) is 20.4. The first-order valence-electron chi connectivity index (χ1n) is 10.1. The number of rotatable bonds is 7. The summed E-state index contributed by atoms with van der Waals surface area (Å²) < 4.78 is 13.1. The van der Waals surface area contributed by atoms with Gasteiger partial charge in [-0.1, -0.05) is 24.8 Å². The van der Waals surface area contributed by atoms with E-state index in [1.54, 1.807) is 18.9 Å². The number of nitrogens with zero attached hydrogens (tertiary/aromatic N) is 3. The summed E-state index contributed by atoms with van der Waals surface area (Å²) in [4.78, 5) is 17.6. The summed E-state index contributed by atoms with van der Waals surface area (Å²) in [6.45, 7) is 4.63. The zero-order valence-electron chi connectivity index (χ0n) is 17.0. The molecule has 0 fully saturated rings. The highest BCUT2D eigenvalue weighted by molar-refractivity contribution is 7.99. The summed E-state index contributed by atoms with van der Waals surface area (Å²) in [7, 11) is 1.63. The molecule has 0 saturated carbocycles. The lowest BCUT2D eigenvalue weighted by molar-refractivity contribution is -0.116. The standard InChI is InChI=1S/C21H26N4O3S/c1-4-11-29-21-23-20-22-14-7-6-8-15(26)18(14)19(25(20)24-21)13-9-10-16(28-5-2)17(12-13)27-3/h9-10,12,19H,4-8,11H2,1-3H3,(H,22,23,24). The molecule has 1 aliphatic carbocycles. The first kappa shape index (κ1) is 19.8. The van der Waals surface area contributed by atoms with Crippen LogP contribution in [0.5, 0.6) is 11.5 Å². The minimum atomic E-state index is -0.317. The smallest absolute Gasteiger partial charge is 0.227 e. The van der Waals surface area contributed by atoms with Crippen molar-refractivity contribution >= 4 is 23.5 Å². The van der Waals surface area contributed by atoms with E-state index in [1.165, 1.54) is 0 Å². The van der Waals surface area contributed by atoms with Gasteiger partial charge in [0.25, 0.3) is 0 Å². The summed E-state index contributed by atoms with van der Waals surface area (Å²) in [6.07, 6.45) is 3.31. The highest BCUT2D eigenvalue weighted by atomic mass is 32.2. The first-order valence-corrected chi connectivity index (χ1v) is 11.1. The number of carbonyl (C=O) groups is 1. The minimum Gasteiger partial charge on any atom is -0.493 e. The maximum atomic E-state index is 12.9. The van der Waals surface area contributed by atoms with E-state index in [9.17, 15) is 4.79 Å². The fourth-order valence-corrected chi connectivity index (χ4v) is 4.51. The van der Waals surface area contributed by atoms with Gasteiger partial charge in [-0.15, -0.1) is 5.10 Å². The van der Waals surface area contributed by atoms with Crippen LogP contribution in [0.1, 0.15) is 51.1 Å². The Bertz CT molecular complexity index is 953. The molecule has 0 saturated heterocycles. The van der Waals surface area contributed by atoms with Crippen molar-refractivity contribution in [1.82, 2.24) is 14.8 Å². The van der Waals surface area contributed by atoms with E-state index in [0.29, 0.717) is 30.5 Å². The van der Waals surface area contributed by atoms with E-state index in [1.807, 2.05) is 29.8 Å². The van der Waals surface area contributed by atoms with Gasteiger partial charge in [-0.3, -0.25) is 4.79 Å². The van der Waals surface area contributed by atoms with Crippen LogP contribution in [0.3, 0.4) is 0 Å². The Morgan fingerprint density at radius 1 is 1.28 bits per heavy atom. The van der Waals surface area contributed by atoms with Crippen LogP contribution in [0.25, 0.3) is 0 Å². The molecule has 154 valence electrons. The highest BCUT2D eigenvalue weighted by Crippen LogP contribution is 2.42. The molecule has 2 heterocycles. The zero-order valence-corrected chi connectivity index (χ0v) is 17.8. The normalized spacial score (nSPS) is 18.2. The van der Waals surface area contributed by atoms with E-state index in [4.69, 9.17) is 14.6 Å². The van der Waals surface area contributed by atoms with Crippen LogP contribution in [0.4, 0.5) is 5.95 Å². The van der Waals surface area contributed by atoms with Gasteiger partial charge in [-0.25, -0.2) is 4.68 Å². The number of benzene rings is 1. The van der Waals surface area contributed by atoms with Crippen molar-refractivity contribution < 1.29 is 14.3 Å².